The summed E-state index contributed by atoms with van der Waals surface area (Å²) in [5, 5.41) is 5.49. The lowest BCUT2D eigenvalue weighted by atomic mass is 10.1. The van der Waals surface area contributed by atoms with Crippen molar-refractivity contribution in [1.82, 2.24) is 19.6 Å². The Hall–Kier alpha value is -2.28. The molecule has 26 heavy (non-hydrogen) atoms. The number of hydrogen-bond donors (Lipinski definition) is 0. The van der Waals surface area contributed by atoms with E-state index >= 15 is 0 Å². The fourth-order valence-corrected chi connectivity index (χ4v) is 4.30. The Bertz CT molecular complexity index is 956. The van der Waals surface area contributed by atoms with Crippen LogP contribution < -0.4 is 9.47 Å². The molecule has 6 nitrogen and oxygen atoms in total. The minimum atomic E-state index is 0.606. The fourth-order valence-electron chi connectivity index (χ4n) is 3.54. The average molecular weight is 368 g/mol. The summed E-state index contributed by atoms with van der Waals surface area (Å²) in [6.45, 7) is 1.22. The van der Waals surface area contributed by atoms with Crippen LogP contribution in [0.5, 0.6) is 11.5 Å². The van der Waals surface area contributed by atoms with Gasteiger partial charge in [0.05, 0.1) is 5.69 Å². The lowest BCUT2D eigenvalue weighted by Crippen LogP contribution is -2.15. The van der Waals surface area contributed by atoms with Gasteiger partial charge < -0.3 is 9.47 Å². The zero-order valence-electron chi connectivity index (χ0n) is 14.5. The van der Waals surface area contributed by atoms with Gasteiger partial charge in [-0.3, -0.25) is 0 Å². The Morgan fingerprint density at radius 2 is 1.92 bits per heavy atom. The molecule has 0 saturated carbocycles. The summed E-state index contributed by atoms with van der Waals surface area (Å²) in [6.07, 6.45) is 7.87. The minimum absolute atomic E-state index is 0.606. The van der Waals surface area contributed by atoms with Crippen LogP contribution in [0.4, 0.5) is 0 Å². The molecule has 7 heteroatoms. The molecule has 1 aliphatic carbocycles. The summed E-state index contributed by atoms with van der Waals surface area (Å²) in [5.41, 5.74) is 3.78. The molecule has 0 amide bonds. The SMILES string of the molecule is c1cc2c(cc1CSc1nc3ncc4c(n3n1)CCCCC4)OCCO2. The molecule has 0 atom stereocenters. The summed E-state index contributed by atoms with van der Waals surface area (Å²) in [4.78, 5) is 9.11. The lowest BCUT2D eigenvalue weighted by Gasteiger charge is -2.18. The van der Waals surface area contributed by atoms with Crippen LogP contribution in [-0.4, -0.2) is 32.8 Å². The lowest BCUT2D eigenvalue weighted by molar-refractivity contribution is 0.171. The van der Waals surface area contributed by atoms with Crippen LogP contribution in [0.25, 0.3) is 5.78 Å². The molecule has 0 bridgehead atoms. The normalized spacial score (nSPS) is 16.3. The van der Waals surface area contributed by atoms with Gasteiger partial charge in [0.2, 0.25) is 5.16 Å². The summed E-state index contributed by atoms with van der Waals surface area (Å²) in [5.74, 6) is 3.14. The maximum absolute atomic E-state index is 5.66. The topological polar surface area (TPSA) is 61.5 Å². The van der Waals surface area contributed by atoms with Crippen molar-refractivity contribution in [3.05, 3.63) is 41.2 Å². The number of fused-ring (bicyclic) bond motifs is 4. The van der Waals surface area contributed by atoms with Gasteiger partial charge in [-0.05, 0) is 48.9 Å². The van der Waals surface area contributed by atoms with E-state index in [-0.39, 0.29) is 0 Å². The van der Waals surface area contributed by atoms with Crippen molar-refractivity contribution in [2.24, 2.45) is 0 Å². The number of ether oxygens (including phenoxy) is 2. The first-order valence-electron chi connectivity index (χ1n) is 9.12. The number of benzene rings is 1. The van der Waals surface area contributed by atoms with Gasteiger partial charge in [0, 0.05) is 11.9 Å². The zero-order chi connectivity index (χ0) is 17.3. The van der Waals surface area contributed by atoms with Gasteiger partial charge in [-0.1, -0.05) is 24.2 Å². The van der Waals surface area contributed by atoms with E-state index in [1.54, 1.807) is 11.8 Å². The van der Waals surface area contributed by atoms with Crippen molar-refractivity contribution in [3.8, 4) is 11.5 Å². The summed E-state index contributed by atoms with van der Waals surface area (Å²) >= 11 is 1.63. The van der Waals surface area contributed by atoms with E-state index in [2.05, 4.69) is 16.0 Å². The van der Waals surface area contributed by atoms with Gasteiger partial charge in [0.1, 0.15) is 13.2 Å². The number of hydrogen-bond acceptors (Lipinski definition) is 6. The standard InChI is InChI=1S/C19H20N4O2S/c1-2-4-14-11-20-18-21-19(22-23(18)15(14)5-3-1)26-12-13-6-7-16-17(10-13)25-9-8-24-16/h6-7,10-11H,1-5,8-9,12H2. The molecular formula is C19H20N4O2S. The molecule has 0 N–H and O–H groups in total. The molecular weight excluding hydrogens is 348 g/mol. The second-order valence-electron chi connectivity index (χ2n) is 6.66. The van der Waals surface area contributed by atoms with E-state index in [9.17, 15) is 0 Å². The number of aryl methyl sites for hydroxylation is 2. The number of nitrogens with zero attached hydrogens (tertiary/aromatic N) is 4. The van der Waals surface area contributed by atoms with Crippen LogP contribution >= 0.6 is 11.8 Å². The quantitative estimate of drug-likeness (QED) is 0.521. The Labute approximate surface area is 155 Å². The first kappa shape index (κ1) is 15.9. The molecule has 0 fully saturated rings. The molecule has 1 aromatic carbocycles. The second-order valence-corrected chi connectivity index (χ2v) is 7.61. The van der Waals surface area contributed by atoms with Crippen molar-refractivity contribution in [2.45, 2.75) is 43.0 Å². The summed E-state index contributed by atoms with van der Waals surface area (Å²) in [7, 11) is 0. The van der Waals surface area contributed by atoms with Crippen molar-refractivity contribution in [2.75, 3.05) is 13.2 Å². The van der Waals surface area contributed by atoms with Crippen LogP contribution in [0.2, 0.25) is 0 Å². The molecule has 0 unspecified atom stereocenters. The van der Waals surface area contributed by atoms with Crippen molar-refractivity contribution in [1.29, 1.82) is 0 Å². The van der Waals surface area contributed by atoms with Crippen LogP contribution in [0.15, 0.2) is 29.6 Å². The van der Waals surface area contributed by atoms with Gasteiger partial charge in [-0.25, -0.2) is 4.98 Å². The first-order chi connectivity index (χ1) is 12.9. The maximum Gasteiger partial charge on any atom is 0.253 e. The molecule has 5 rings (SSSR count). The highest BCUT2D eigenvalue weighted by Gasteiger charge is 2.16. The molecule has 134 valence electrons. The van der Waals surface area contributed by atoms with Crippen molar-refractivity contribution >= 4 is 17.5 Å². The van der Waals surface area contributed by atoms with Gasteiger partial charge in [0.15, 0.2) is 11.5 Å². The van der Waals surface area contributed by atoms with Crippen molar-refractivity contribution < 1.29 is 9.47 Å². The molecule has 3 aromatic rings. The summed E-state index contributed by atoms with van der Waals surface area (Å²) < 4.78 is 13.2. The highest BCUT2D eigenvalue weighted by Crippen LogP contribution is 2.32. The molecule has 0 radical (unpaired) electrons. The molecule has 0 saturated heterocycles. The van der Waals surface area contributed by atoms with E-state index in [1.807, 2.05) is 22.8 Å². The van der Waals surface area contributed by atoms with E-state index in [0.29, 0.717) is 19.0 Å². The third-order valence-electron chi connectivity index (χ3n) is 4.87. The van der Waals surface area contributed by atoms with E-state index in [4.69, 9.17) is 14.6 Å². The van der Waals surface area contributed by atoms with E-state index in [1.165, 1.54) is 36.1 Å². The molecule has 1 aliphatic heterocycles. The van der Waals surface area contributed by atoms with Gasteiger partial charge in [-0.2, -0.15) is 9.50 Å². The van der Waals surface area contributed by atoms with Crippen LogP contribution in [0.3, 0.4) is 0 Å². The second kappa shape index (κ2) is 6.79. The summed E-state index contributed by atoms with van der Waals surface area (Å²) in [6, 6.07) is 6.09. The van der Waals surface area contributed by atoms with Crippen LogP contribution in [0, 0.1) is 0 Å². The molecule has 2 aromatic heterocycles. The Morgan fingerprint density at radius 1 is 1.04 bits per heavy atom. The van der Waals surface area contributed by atoms with E-state index < -0.39 is 0 Å². The Balaban J connectivity index is 1.37. The first-order valence-corrected chi connectivity index (χ1v) is 10.1. The highest BCUT2D eigenvalue weighted by atomic mass is 32.2. The monoisotopic (exact) mass is 368 g/mol. The van der Waals surface area contributed by atoms with Crippen LogP contribution in [0.1, 0.15) is 36.1 Å². The number of rotatable bonds is 3. The smallest absolute Gasteiger partial charge is 0.253 e. The van der Waals surface area contributed by atoms with E-state index in [0.717, 1.165) is 35.2 Å². The molecule has 2 aliphatic rings. The maximum atomic E-state index is 5.66. The zero-order valence-corrected chi connectivity index (χ0v) is 15.3. The predicted octanol–water partition coefficient (Wildman–Crippen LogP) is 3.46. The fraction of sp³-hybridized carbons (Fsp3) is 0.421. The Morgan fingerprint density at radius 3 is 2.88 bits per heavy atom. The molecule has 0 spiro atoms. The van der Waals surface area contributed by atoms with Crippen LogP contribution in [-0.2, 0) is 18.6 Å². The van der Waals surface area contributed by atoms with Gasteiger partial charge >= 0.3 is 0 Å². The van der Waals surface area contributed by atoms with Gasteiger partial charge in [0.25, 0.3) is 5.78 Å². The third-order valence-corrected chi connectivity index (χ3v) is 5.78. The minimum Gasteiger partial charge on any atom is -0.486 e. The highest BCUT2D eigenvalue weighted by molar-refractivity contribution is 7.98. The average Bonchev–Trinajstić information content (AvgIpc) is 2.95. The molecule has 3 heterocycles. The van der Waals surface area contributed by atoms with Gasteiger partial charge in [-0.15, -0.1) is 5.10 Å². The van der Waals surface area contributed by atoms with Crippen molar-refractivity contribution in [3.63, 3.8) is 0 Å². The largest absolute Gasteiger partial charge is 0.486 e. The Kier molecular flexibility index (Phi) is 4.16. The third kappa shape index (κ3) is 3.00. The number of thioether (sulfide) groups is 1. The predicted molar refractivity (Wildman–Crippen MR) is 99.0 cm³/mol. The number of aromatic nitrogens is 4.